The molecule has 8 nitrogen and oxygen atoms in total. The summed E-state index contributed by atoms with van der Waals surface area (Å²) in [6, 6.07) is 24.0. The number of amides is 2. The Morgan fingerprint density at radius 3 is 2.51 bits per heavy atom. The molecule has 0 saturated carbocycles. The van der Waals surface area contributed by atoms with Crippen molar-refractivity contribution >= 4 is 29.5 Å². The molecule has 0 radical (unpaired) electrons. The zero-order chi connectivity index (χ0) is 25.6. The third-order valence-corrected chi connectivity index (χ3v) is 6.16. The summed E-state index contributed by atoms with van der Waals surface area (Å²) in [7, 11) is 0. The number of nitrogen functional groups attached to an aromatic ring is 1. The average Bonchev–Trinajstić information content (AvgIpc) is 3.31. The lowest BCUT2D eigenvalue weighted by Crippen LogP contribution is -2.36. The van der Waals surface area contributed by atoms with Gasteiger partial charge >= 0.3 is 6.09 Å². The fourth-order valence-electron chi connectivity index (χ4n) is 4.18. The fourth-order valence-corrected chi connectivity index (χ4v) is 4.18. The summed E-state index contributed by atoms with van der Waals surface area (Å²) in [6.45, 7) is 0.789. The van der Waals surface area contributed by atoms with E-state index in [1.807, 2.05) is 77.6 Å². The van der Waals surface area contributed by atoms with Gasteiger partial charge in [-0.2, -0.15) is 5.10 Å². The maximum absolute atomic E-state index is 12.6. The number of anilines is 2. The van der Waals surface area contributed by atoms with Crippen LogP contribution < -0.4 is 16.4 Å². The van der Waals surface area contributed by atoms with Crippen LogP contribution in [-0.2, 0) is 24.3 Å². The minimum Gasteiger partial charge on any atom is -0.445 e. The Hall–Kier alpha value is -4.85. The summed E-state index contributed by atoms with van der Waals surface area (Å²) in [5.74, 6) is -0.218. The van der Waals surface area contributed by atoms with Crippen LogP contribution in [0.15, 0.2) is 91.1 Å². The second kappa shape index (κ2) is 10.8. The van der Waals surface area contributed by atoms with E-state index in [9.17, 15) is 9.59 Å². The Bertz CT molecular complexity index is 1430. The maximum atomic E-state index is 12.6. The molecular weight excluding hydrogens is 466 g/mol. The highest BCUT2D eigenvalue weighted by atomic mass is 16.5. The second-order valence-corrected chi connectivity index (χ2v) is 8.83. The Morgan fingerprint density at radius 1 is 0.973 bits per heavy atom. The van der Waals surface area contributed by atoms with Gasteiger partial charge in [0, 0.05) is 12.0 Å². The van der Waals surface area contributed by atoms with Gasteiger partial charge in [-0.25, -0.2) is 4.79 Å². The van der Waals surface area contributed by atoms with Crippen LogP contribution in [0.5, 0.6) is 0 Å². The minimum absolute atomic E-state index is 0.162. The Morgan fingerprint density at radius 2 is 1.73 bits per heavy atom. The summed E-state index contributed by atoms with van der Waals surface area (Å²) in [6.07, 6.45) is 5.93. The first-order chi connectivity index (χ1) is 18.0. The molecule has 1 aliphatic rings. The fraction of sp³-hybridized carbons (Fsp3) is 0.138. The standard InChI is InChI=1S/C29H27N5O3/c30-25-8-4-5-9-26(25)33-28(35)22-12-10-20(11-13-22)18-34-27-15-14-24(16-23(27)17-31-34)32-29(36)37-19-21-6-2-1-3-7-21/h1-15,17,24H,16,18-19,30H2,(H,32,36)(H,33,35). The molecule has 37 heavy (non-hydrogen) atoms. The molecule has 2 amide bonds. The first kappa shape index (κ1) is 23.9. The minimum atomic E-state index is -0.451. The van der Waals surface area contributed by atoms with Gasteiger partial charge < -0.3 is 21.1 Å². The van der Waals surface area contributed by atoms with Gasteiger partial charge in [0.25, 0.3) is 5.91 Å². The van der Waals surface area contributed by atoms with E-state index >= 15 is 0 Å². The van der Waals surface area contributed by atoms with E-state index in [1.54, 1.807) is 24.3 Å². The average molecular weight is 494 g/mol. The molecule has 0 fully saturated rings. The van der Waals surface area contributed by atoms with E-state index in [0.717, 1.165) is 22.4 Å². The van der Waals surface area contributed by atoms with Crippen LogP contribution in [0.25, 0.3) is 6.08 Å². The van der Waals surface area contributed by atoms with Crippen molar-refractivity contribution in [1.82, 2.24) is 15.1 Å². The zero-order valence-corrected chi connectivity index (χ0v) is 20.1. The summed E-state index contributed by atoms with van der Waals surface area (Å²) in [4.78, 5) is 24.8. The van der Waals surface area contributed by atoms with Crippen LogP contribution in [0.4, 0.5) is 16.2 Å². The largest absolute Gasteiger partial charge is 0.445 e. The number of ether oxygens (including phenoxy) is 1. The van der Waals surface area contributed by atoms with Gasteiger partial charge in [-0.1, -0.05) is 60.7 Å². The van der Waals surface area contributed by atoms with Crippen molar-refractivity contribution < 1.29 is 14.3 Å². The summed E-state index contributed by atoms with van der Waals surface area (Å²) >= 11 is 0. The molecular formula is C29H27N5O3. The van der Waals surface area contributed by atoms with Crippen LogP contribution in [0.3, 0.4) is 0 Å². The molecule has 1 heterocycles. The van der Waals surface area contributed by atoms with Crippen molar-refractivity contribution in [3.8, 4) is 0 Å². The molecule has 5 rings (SSSR count). The summed E-state index contributed by atoms with van der Waals surface area (Å²) in [5.41, 5.74) is 11.6. The SMILES string of the molecule is Nc1ccccc1NC(=O)c1ccc(Cn2ncc3c2C=CC(NC(=O)OCc2ccccc2)C3)cc1. The summed E-state index contributed by atoms with van der Waals surface area (Å²) in [5, 5.41) is 10.3. The summed E-state index contributed by atoms with van der Waals surface area (Å²) < 4.78 is 7.24. The van der Waals surface area contributed by atoms with Crippen molar-refractivity contribution in [2.45, 2.75) is 25.6 Å². The zero-order valence-electron chi connectivity index (χ0n) is 20.1. The van der Waals surface area contributed by atoms with Crippen LogP contribution in [0, 0.1) is 0 Å². The highest BCUT2D eigenvalue weighted by Gasteiger charge is 2.20. The Balaban J connectivity index is 1.16. The normalized spacial score (nSPS) is 14.0. The molecule has 3 aromatic carbocycles. The lowest BCUT2D eigenvalue weighted by molar-refractivity contribution is 0.102. The molecule has 1 aliphatic carbocycles. The van der Waals surface area contributed by atoms with Crippen molar-refractivity contribution in [2.24, 2.45) is 0 Å². The van der Waals surface area contributed by atoms with Crippen molar-refractivity contribution in [1.29, 1.82) is 0 Å². The van der Waals surface area contributed by atoms with Gasteiger partial charge in [0.15, 0.2) is 0 Å². The lowest BCUT2D eigenvalue weighted by atomic mass is 10.00. The molecule has 186 valence electrons. The molecule has 0 spiro atoms. The number of aromatic nitrogens is 2. The highest BCUT2D eigenvalue weighted by Crippen LogP contribution is 2.21. The smallest absolute Gasteiger partial charge is 0.407 e. The molecule has 1 atom stereocenters. The Kier molecular flexibility index (Phi) is 6.98. The number of carbonyl (C=O) groups excluding carboxylic acids is 2. The molecule has 8 heteroatoms. The molecule has 1 aromatic heterocycles. The number of carbonyl (C=O) groups is 2. The van der Waals surface area contributed by atoms with E-state index < -0.39 is 6.09 Å². The van der Waals surface area contributed by atoms with Gasteiger partial charge in [-0.05, 0) is 47.0 Å². The maximum Gasteiger partial charge on any atom is 0.407 e. The molecule has 4 aromatic rings. The predicted molar refractivity (Wildman–Crippen MR) is 143 cm³/mol. The predicted octanol–water partition coefficient (Wildman–Crippen LogP) is 4.63. The number of rotatable bonds is 7. The molecule has 0 bridgehead atoms. The molecule has 4 N–H and O–H groups in total. The first-order valence-corrected chi connectivity index (χ1v) is 12.0. The van der Waals surface area contributed by atoms with Gasteiger partial charge in [0.1, 0.15) is 6.61 Å². The van der Waals surface area contributed by atoms with Gasteiger partial charge in [0.2, 0.25) is 0 Å². The molecule has 0 aliphatic heterocycles. The van der Waals surface area contributed by atoms with Crippen LogP contribution in [-0.4, -0.2) is 27.8 Å². The third-order valence-electron chi connectivity index (χ3n) is 6.16. The Labute approximate surface area is 214 Å². The monoisotopic (exact) mass is 493 g/mol. The van der Waals surface area contributed by atoms with Crippen molar-refractivity contribution in [3.05, 3.63) is 119 Å². The number of alkyl carbamates (subject to hydrolysis) is 1. The number of para-hydroxylation sites is 2. The van der Waals surface area contributed by atoms with Crippen LogP contribution in [0.1, 0.15) is 32.7 Å². The van der Waals surface area contributed by atoms with E-state index in [0.29, 0.717) is 29.9 Å². The molecule has 0 saturated heterocycles. The number of hydrogen-bond donors (Lipinski definition) is 3. The second-order valence-electron chi connectivity index (χ2n) is 8.83. The quantitative estimate of drug-likeness (QED) is 0.325. The highest BCUT2D eigenvalue weighted by molar-refractivity contribution is 6.05. The first-order valence-electron chi connectivity index (χ1n) is 12.0. The van der Waals surface area contributed by atoms with E-state index in [4.69, 9.17) is 10.5 Å². The number of nitrogens with one attached hydrogen (secondary N) is 2. The number of fused-ring (bicyclic) bond motifs is 1. The topological polar surface area (TPSA) is 111 Å². The van der Waals surface area contributed by atoms with Gasteiger partial charge in [-0.3, -0.25) is 9.48 Å². The van der Waals surface area contributed by atoms with E-state index in [1.165, 1.54) is 0 Å². The van der Waals surface area contributed by atoms with Crippen LogP contribution >= 0.6 is 0 Å². The number of hydrogen-bond acceptors (Lipinski definition) is 5. The number of nitrogens with zero attached hydrogens (tertiary/aromatic N) is 2. The van der Waals surface area contributed by atoms with Gasteiger partial charge in [0.05, 0.1) is 35.9 Å². The van der Waals surface area contributed by atoms with Crippen molar-refractivity contribution in [3.63, 3.8) is 0 Å². The van der Waals surface area contributed by atoms with Crippen LogP contribution in [0.2, 0.25) is 0 Å². The van der Waals surface area contributed by atoms with E-state index in [2.05, 4.69) is 15.7 Å². The lowest BCUT2D eigenvalue weighted by Gasteiger charge is -2.19. The van der Waals surface area contributed by atoms with Crippen molar-refractivity contribution in [2.75, 3.05) is 11.1 Å². The van der Waals surface area contributed by atoms with Gasteiger partial charge in [-0.15, -0.1) is 0 Å². The van der Waals surface area contributed by atoms with E-state index in [-0.39, 0.29) is 18.6 Å². The molecule has 1 unspecified atom stereocenters. The number of nitrogens with two attached hydrogens (primary N) is 1. The third kappa shape index (κ3) is 5.87. The number of benzene rings is 3.